The summed E-state index contributed by atoms with van der Waals surface area (Å²) < 4.78 is 4.36. The number of rotatable bonds is 3. The maximum absolute atomic E-state index is 11.6. The molecule has 86 valence electrons. The number of ether oxygens (including phenoxy) is 1. The Morgan fingerprint density at radius 1 is 1.25 bits per heavy atom. The fourth-order valence-electron chi connectivity index (χ4n) is 1.56. The van der Waals surface area contributed by atoms with Crippen LogP contribution in [0.4, 0.5) is 0 Å². The Bertz CT molecular complexity index is 406. The summed E-state index contributed by atoms with van der Waals surface area (Å²) in [4.78, 5) is 22.7. The highest BCUT2D eigenvalue weighted by atomic mass is 35.5. The van der Waals surface area contributed by atoms with Crippen LogP contribution in [0.15, 0.2) is 18.2 Å². The van der Waals surface area contributed by atoms with Crippen molar-refractivity contribution in [2.24, 2.45) is 0 Å². The van der Waals surface area contributed by atoms with Crippen molar-refractivity contribution in [3.63, 3.8) is 0 Å². The number of benzene rings is 1. The van der Waals surface area contributed by atoms with Gasteiger partial charge in [-0.1, -0.05) is 18.2 Å². The van der Waals surface area contributed by atoms with Crippen molar-refractivity contribution in [1.29, 1.82) is 0 Å². The van der Waals surface area contributed by atoms with Crippen LogP contribution in [0, 0.1) is 13.8 Å². The lowest BCUT2D eigenvalue weighted by atomic mass is 9.98. The normalized spacial score (nSPS) is 12.0. The molecule has 0 radical (unpaired) electrons. The Balaban J connectivity index is 3.10. The number of hydrogen-bond acceptors (Lipinski definition) is 3. The average Bonchev–Trinajstić information content (AvgIpc) is 2.26. The summed E-state index contributed by atoms with van der Waals surface area (Å²) in [5, 5.41) is -0.978. The molecular formula is C12H13ClO3. The molecule has 0 spiro atoms. The second kappa shape index (κ2) is 5.12. The van der Waals surface area contributed by atoms with E-state index in [0.717, 1.165) is 18.2 Å². The topological polar surface area (TPSA) is 43.4 Å². The Morgan fingerprint density at radius 2 is 1.75 bits per heavy atom. The number of ketones is 1. The second-order valence-corrected chi connectivity index (χ2v) is 3.96. The first-order valence-corrected chi connectivity index (χ1v) is 5.25. The molecule has 0 saturated heterocycles. The Labute approximate surface area is 99.4 Å². The third-order valence-corrected chi connectivity index (χ3v) is 2.83. The molecule has 1 rings (SSSR count). The maximum Gasteiger partial charge on any atom is 0.376 e. The first-order valence-electron chi connectivity index (χ1n) is 4.81. The van der Waals surface area contributed by atoms with E-state index in [-0.39, 0.29) is 0 Å². The van der Waals surface area contributed by atoms with E-state index in [2.05, 4.69) is 4.74 Å². The van der Waals surface area contributed by atoms with Gasteiger partial charge in [0.25, 0.3) is 5.78 Å². The van der Waals surface area contributed by atoms with Crippen LogP contribution in [-0.2, 0) is 14.3 Å². The highest BCUT2D eigenvalue weighted by molar-refractivity contribution is 6.47. The minimum absolute atomic E-state index is 0.680. The lowest BCUT2D eigenvalue weighted by Gasteiger charge is -2.13. The SMILES string of the molecule is COC(=O)C(=O)C(Cl)c1c(C)cccc1C. The van der Waals surface area contributed by atoms with Gasteiger partial charge in [-0.2, -0.15) is 0 Å². The van der Waals surface area contributed by atoms with E-state index < -0.39 is 17.1 Å². The van der Waals surface area contributed by atoms with Crippen LogP contribution in [0.1, 0.15) is 22.1 Å². The molecule has 3 nitrogen and oxygen atoms in total. The summed E-state index contributed by atoms with van der Waals surface area (Å²) in [6.45, 7) is 3.70. The zero-order valence-corrected chi connectivity index (χ0v) is 10.2. The largest absolute Gasteiger partial charge is 0.463 e. The van der Waals surface area contributed by atoms with Gasteiger partial charge in [-0.15, -0.1) is 11.6 Å². The zero-order valence-electron chi connectivity index (χ0n) is 9.41. The smallest absolute Gasteiger partial charge is 0.376 e. The average molecular weight is 241 g/mol. The molecule has 0 aliphatic heterocycles. The molecule has 4 heteroatoms. The molecular weight excluding hydrogens is 228 g/mol. The summed E-state index contributed by atoms with van der Waals surface area (Å²) in [7, 11) is 1.16. The molecule has 1 aromatic rings. The van der Waals surface area contributed by atoms with Crippen molar-refractivity contribution in [1.82, 2.24) is 0 Å². The molecule has 0 bridgehead atoms. The molecule has 0 aromatic heterocycles. The summed E-state index contributed by atoms with van der Waals surface area (Å²) in [6, 6.07) is 5.57. The lowest BCUT2D eigenvalue weighted by Crippen LogP contribution is -2.21. The van der Waals surface area contributed by atoms with Gasteiger partial charge in [0.2, 0.25) is 0 Å². The number of esters is 1. The standard InChI is InChI=1S/C12H13ClO3/c1-7-5-4-6-8(2)9(7)10(13)11(14)12(15)16-3/h4-6,10H,1-3H3. The fraction of sp³-hybridized carbons (Fsp3) is 0.333. The van der Waals surface area contributed by atoms with Crippen LogP contribution >= 0.6 is 11.6 Å². The zero-order chi connectivity index (χ0) is 12.3. The van der Waals surface area contributed by atoms with Crippen LogP contribution in [0.3, 0.4) is 0 Å². The van der Waals surface area contributed by atoms with E-state index in [1.54, 1.807) is 0 Å². The van der Waals surface area contributed by atoms with Crippen molar-refractivity contribution in [3.8, 4) is 0 Å². The monoisotopic (exact) mass is 240 g/mol. The number of halogens is 1. The second-order valence-electron chi connectivity index (χ2n) is 3.52. The molecule has 0 heterocycles. The quantitative estimate of drug-likeness (QED) is 0.463. The molecule has 0 N–H and O–H groups in total. The number of carbonyl (C=O) groups excluding carboxylic acids is 2. The summed E-state index contributed by atoms with van der Waals surface area (Å²) in [6.07, 6.45) is 0. The van der Waals surface area contributed by atoms with Gasteiger partial charge in [0.1, 0.15) is 5.38 Å². The minimum atomic E-state index is -0.978. The van der Waals surface area contributed by atoms with E-state index in [9.17, 15) is 9.59 Å². The minimum Gasteiger partial charge on any atom is -0.463 e. The number of aryl methyl sites for hydroxylation is 2. The van der Waals surface area contributed by atoms with E-state index in [1.165, 1.54) is 0 Å². The van der Waals surface area contributed by atoms with E-state index >= 15 is 0 Å². The van der Waals surface area contributed by atoms with Crippen LogP contribution < -0.4 is 0 Å². The van der Waals surface area contributed by atoms with Crippen molar-refractivity contribution >= 4 is 23.4 Å². The molecule has 0 fully saturated rings. The summed E-state index contributed by atoms with van der Waals surface area (Å²) in [5.74, 6) is -1.65. The number of alkyl halides is 1. The summed E-state index contributed by atoms with van der Waals surface area (Å²) >= 11 is 5.99. The van der Waals surface area contributed by atoms with Crippen molar-refractivity contribution in [3.05, 3.63) is 34.9 Å². The van der Waals surface area contributed by atoms with Crippen molar-refractivity contribution in [2.75, 3.05) is 7.11 Å². The highest BCUT2D eigenvalue weighted by Crippen LogP contribution is 2.28. The number of Topliss-reactive ketones (excluding diaryl/α,β-unsaturated/α-hetero) is 1. The van der Waals surface area contributed by atoms with Crippen molar-refractivity contribution in [2.45, 2.75) is 19.2 Å². The van der Waals surface area contributed by atoms with Gasteiger partial charge >= 0.3 is 5.97 Å². The number of methoxy groups -OCH3 is 1. The van der Waals surface area contributed by atoms with E-state index in [0.29, 0.717) is 5.56 Å². The first kappa shape index (κ1) is 12.7. The molecule has 1 unspecified atom stereocenters. The van der Waals surface area contributed by atoms with Crippen LogP contribution in [0.2, 0.25) is 0 Å². The van der Waals surface area contributed by atoms with Crippen molar-refractivity contribution < 1.29 is 14.3 Å². The number of carbonyl (C=O) groups is 2. The van der Waals surface area contributed by atoms with Gasteiger partial charge in [-0.25, -0.2) is 4.79 Å². The van der Waals surface area contributed by atoms with Gasteiger partial charge in [-0.3, -0.25) is 4.79 Å². The molecule has 1 aromatic carbocycles. The summed E-state index contributed by atoms with van der Waals surface area (Å²) in [5.41, 5.74) is 2.45. The van der Waals surface area contributed by atoms with Gasteiger partial charge in [0.15, 0.2) is 0 Å². The van der Waals surface area contributed by atoms with Crippen LogP contribution in [-0.4, -0.2) is 18.9 Å². The van der Waals surface area contributed by atoms with Gasteiger partial charge in [0.05, 0.1) is 7.11 Å². The van der Waals surface area contributed by atoms with Gasteiger partial charge < -0.3 is 4.74 Å². The highest BCUT2D eigenvalue weighted by Gasteiger charge is 2.27. The third-order valence-electron chi connectivity index (χ3n) is 2.41. The fourth-order valence-corrected chi connectivity index (χ4v) is 2.00. The molecule has 1 atom stereocenters. The van der Waals surface area contributed by atoms with Crippen LogP contribution in [0.5, 0.6) is 0 Å². The van der Waals surface area contributed by atoms with Gasteiger partial charge in [0, 0.05) is 0 Å². The lowest BCUT2D eigenvalue weighted by molar-refractivity contribution is -0.151. The Morgan fingerprint density at radius 3 is 2.19 bits per heavy atom. The molecule has 0 amide bonds. The first-order chi connectivity index (χ1) is 7.49. The van der Waals surface area contributed by atoms with Crippen LogP contribution in [0.25, 0.3) is 0 Å². The predicted octanol–water partition coefficient (Wildman–Crippen LogP) is 2.33. The van der Waals surface area contributed by atoms with Gasteiger partial charge in [-0.05, 0) is 30.5 Å². The molecule has 0 aliphatic rings. The predicted molar refractivity (Wildman–Crippen MR) is 61.5 cm³/mol. The molecule has 16 heavy (non-hydrogen) atoms. The third kappa shape index (κ3) is 2.42. The number of hydrogen-bond donors (Lipinski definition) is 0. The Kier molecular flexibility index (Phi) is 4.07. The Hall–Kier alpha value is -1.35. The maximum atomic E-state index is 11.6. The van der Waals surface area contributed by atoms with E-state index in [4.69, 9.17) is 11.6 Å². The molecule has 0 aliphatic carbocycles. The van der Waals surface area contributed by atoms with E-state index in [1.807, 2.05) is 32.0 Å². The molecule has 0 saturated carbocycles.